The van der Waals surface area contributed by atoms with E-state index >= 15 is 0 Å². The molecule has 3 aromatic carbocycles. The summed E-state index contributed by atoms with van der Waals surface area (Å²) in [6.07, 6.45) is 1.32. The molecule has 11 nitrogen and oxygen atoms in total. The normalized spacial score (nSPS) is 10.6. The predicted octanol–water partition coefficient (Wildman–Crippen LogP) is 4.44. The molecule has 0 atom stereocenters. The lowest BCUT2D eigenvalue weighted by Gasteiger charge is -2.15. The lowest BCUT2D eigenvalue weighted by Crippen LogP contribution is -2.21. The minimum atomic E-state index is -0.628. The number of nitro groups is 1. The van der Waals surface area contributed by atoms with E-state index in [9.17, 15) is 19.7 Å². The van der Waals surface area contributed by atoms with Gasteiger partial charge in [-0.15, -0.1) is 0 Å². The number of hydrogen-bond acceptors (Lipinski definition) is 8. The molecule has 0 bridgehead atoms. The number of non-ortho nitro benzene ring substituents is 1. The van der Waals surface area contributed by atoms with Crippen molar-refractivity contribution in [1.29, 1.82) is 0 Å². The largest absolute Gasteiger partial charge is 0.495 e. The summed E-state index contributed by atoms with van der Waals surface area (Å²) in [7, 11) is 1.50. The molecule has 2 N–H and O–H groups in total. The Bertz CT molecular complexity index is 1330. The molecule has 0 aliphatic carbocycles. The van der Waals surface area contributed by atoms with E-state index < -0.39 is 16.7 Å². The van der Waals surface area contributed by atoms with Crippen molar-refractivity contribution >= 4 is 41.0 Å². The molecule has 0 spiro atoms. The van der Waals surface area contributed by atoms with Crippen LogP contribution in [-0.4, -0.2) is 43.3 Å². The fourth-order valence-corrected chi connectivity index (χ4v) is 3.40. The van der Waals surface area contributed by atoms with E-state index in [1.807, 2.05) is 0 Å². The lowest BCUT2D eigenvalue weighted by molar-refractivity contribution is -0.384. The van der Waals surface area contributed by atoms with Gasteiger partial charge in [0.25, 0.3) is 17.5 Å². The highest BCUT2D eigenvalue weighted by molar-refractivity contribution is 6.32. The van der Waals surface area contributed by atoms with Crippen molar-refractivity contribution in [2.45, 2.75) is 6.92 Å². The Morgan fingerprint density at radius 3 is 2.59 bits per heavy atom. The Kier molecular flexibility index (Phi) is 9.39. The number of rotatable bonds is 11. The van der Waals surface area contributed by atoms with Gasteiger partial charge in [0.05, 0.1) is 35.6 Å². The van der Waals surface area contributed by atoms with Crippen molar-refractivity contribution in [3.63, 3.8) is 0 Å². The minimum absolute atomic E-state index is 0.0783. The summed E-state index contributed by atoms with van der Waals surface area (Å²) in [5.41, 5.74) is 3.13. The maximum atomic E-state index is 12.4. The number of nitrogens with zero attached hydrogens (tertiary/aromatic N) is 2. The van der Waals surface area contributed by atoms with Gasteiger partial charge in [-0.3, -0.25) is 19.7 Å². The van der Waals surface area contributed by atoms with Crippen molar-refractivity contribution in [3.8, 4) is 17.2 Å². The highest BCUT2D eigenvalue weighted by atomic mass is 35.5. The van der Waals surface area contributed by atoms with Gasteiger partial charge in [-0.05, 0) is 42.8 Å². The van der Waals surface area contributed by atoms with Crippen molar-refractivity contribution in [1.82, 2.24) is 5.43 Å². The molecule has 0 aliphatic rings. The zero-order valence-corrected chi connectivity index (χ0v) is 20.7. The van der Waals surface area contributed by atoms with Crippen LogP contribution >= 0.6 is 11.6 Å². The summed E-state index contributed by atoms with van der Waals surface area (Å²) in [5, 5.41) is 17.6. The molecule has 2 amide bonds. The van der Waals surface area contributed by atoms with E-state index in [-0.39, 0.29) is 34.4 Å². The maximum absolute atomic E-state index is 12.4. The Hall–Kier alpha value is -4.64. The van der Waals surface area contributed by atoms with E-state index in [2.05, 4.69) is 15.8 Å². The van der Waals surface area contributed by atoms with E-state index in [1.165, 1.54) is 37.6 Å². The number of para-hydroxylation sites is 2. The maximum Gasteiger partial charge on any atom is 0.271 e. The summed E-state index contributed by atoms with van der Waals surface area (Å²) >= 11 is 6.38. The van der Waals surface area contributed by atoms with Gasteiger partial charge in [-0.2, -0.15) is 5.10 Å². The first kappa shape index (κ1) is 27.0. The van der Waals surface area contributed by atoms with E-state index in [0.29, 0.717) is 23.6 Å². The van der Waals surface area contributed by atoms with Crippen LogP contribution in [0.4, 0.5) is 11.4 Å². The Morgan fingerprint density at radius 2 is 1.86 bits per heavy atom. The van der Waals surface area contributed by atoms with Crippen molar-refractivity contribution < 1.29 is 28.7 Å². The van der Waals surface area contributed by atoms with Crippen LogP contribution in [0.15, 0.2) is 65.8 Å². The van der Waals surface area contributed by atoms with Crippen molar-refractivity contribution in [3.05, 3.63) is 86.9 Å². The topological polar surface area (TPSA) is 141 Å². The number of anilines is 1. The van der Waals surface area contributed by atoms with Gasteiger partial charge in [0.2, 0.25) is 0 Å². The van der Waals surface area contributed by atoms with E-state index in [0.717, 1.165) is 6.07 Å². The first-order chi connectivity index (χ1) is 17.8. The third-order valence-corrected chi connectivity index (χ3v) is 5.04. The van der Waals surface area contributed by atoms with Crippen molar-refractivity contribution in [2.24, 2.45) is 5.10 Å². The molecule has 3 rings (SSSR count). The Morgan fingerprint density at radius 1 is 1.08 bits per heavy atom. The minimum Gasteiger partial charge on any atom is -0.495 e. The van der Waals surface area contributed by atoms with Gasteiger partial charge in [-0.1, -0.05) is 29.8 Å². The Labute approximate surface area is 217 Å². The lowest BCUT2D eigenvalue weighted by atomic mass is 10.2. The number of methoxy groups -OCH3 is 1. The molecule has 0 unspecified atom stereocenters. The molecule has 0 aliphatic heterocycles. The van der Waals surface area contributed by atoms with Gasteiger partial charge in [0.15, 0.2) is 18.1 Å². The number of halogens is 1. The zero-order valence-electron chi connectivity index (χ0n) is 19.9. The summed E-state index contributed by atoms with van der Waals surface area (Å²) in [6, 6.07) is 15.3. The molecule has 0 radical (unpaired) electrons. The molecule has 0 fully saturated rings. The van der Waals surface area contributed by atoms with Crippen LogP contribution in [0.1, 0.15) is 22.8 Å². The molecule has 192 valence electrons. The molecule has 0 aromatic heterocycles. The van der Waals surface area contributed by atoms with Crippen LogP contribution in [0, 0.1) is 10.1 Å². The Balaban J connectivity index is 1.68. The van der Waals surface area contributed by atoms with Gasteiger partial charge in [0.1, 0.15) is 5.75 Å². The quantitative estimate of drug-likeness (QED) is 0.214. The average molecular weight is 527 g/mol. The number of nitrogens with one attached hydrogen (secondary N) is 2. The third kappa shape index (κ3) is 7.42. The fraction of sp³-hybridized carbons (Fsp3) is 0.160. The number of nitro benzene ring substituents is 1. The number of benzene rings is 3. The van der Waals surface area contributed by atoms with Gasteiger partial charge in [0, 0.05) is 17.7 Å². The third-order valence-electron chi connectivity index (χ3n) is 4.76. The zero-order chi connectivity index (χ0) is 26.8. The second-order valence-corrected chi connectivity index (χ2v) is 7.71. The van der Waals surface area contributed by atoms with Gasteiger partial charge in [-0.25, -0.2) is 5.43 Å². The molecule has 0 heterocycles. The molecule has 0 saturated carbocycles. The standard InChI is InChI=1S/C25H23ClN4O7/c1-3-36-22-12-16(14-27-29-25(32)17-7-6-8-18(13-17)30(33)34)11-19(26)24(22)37-15-23(31)28-20-9-4-5-10-21(20)35-2/h4-14H,3,15H2,1-2H3,(H,28,31)(H,29,32)/b27-14+. The summed E-state index contributed by atoms with van der Waals surface area (Å²) < 4.78 is 16.5. The molecular formula is C25H23ClN4O7. The SMILES string of the molecule is CCOc1cc(/C=N/NC(=O)c2cccc([N+](=O)[O-])c2)cc(Cl)c1OCC(=O)Nc1ccccc1OC. The van der Waals surface area contributed by atoms with E-state index in [1.54, 1.807) is 37.3 Å². The van der Waals surface area contributed by atoms with Crippen molar-refractivity contribution in [2.75, 3.05) is 25.6 Å². The monoisotopic (exact) mass is 526 g/mol. The van der Waals surface area contributed by atoms with Gasteiger partial charge < -0.3 is 19.5 Å². The second kappa shape index (κ2) is 12.9. The summed E-state index contributed by atoms with van der Waals surface area (Å²) in [4.78, 5) is 35.0. The number of carbonyl (C=O) groups is 2. The second-order valence-electron chi connectivity index (χ2n) is 7.31. The number of amides is 2. The molecular weight excluding hydrogens is 504 g/mol. The number of hydrogen-bond donors (Lipinski definition) is 2. The molecule has 3 aromatic rings. The van der Waals surface area contributed by atoms with E-state index in [4.69, 9.17) is 25.8 Å². The first-order valence-electron chi connectivity index (χ1n) is 10.9. The summed E-state index contributed by atoms with van der Waals surface area (Å²) in [6.45, 7) is 1.72. The van der Waals surface area contributed by atoms with Crippen LogP contribution in [0.3, 0.4) is 0 Å². The van der Waals surface area contributed by atoms with Crippen LogP contribution in [0.25, 0.3) is 0 Å². The molecule has 37 heavy (non-hydrogen) atoms. The fourth-order valence-electron chi connectivity index (χ4n) is 3.13. The molecule has 12 heteroatoms. The predicted molar refractivity (Wildman–Crippen MR) is 138 cm³/mol. The number of carbonyl (C=O) groups excluding carboxylic acids is 2. The highest BCUT2D eigenvalue weighted by Crippen LogP contribution is 2.36. The first-order valence-corrected chi connectivity index (χ1v) is 11.3. The highest BCUT2D eigenvalue weighted by Gasteiger charge is 2.15. The van der Waals surface area contributed by atoms with Crippen LogP contribution in [-0.2, 0) is 4.79 Å². The number of hydrazone groups is 1. The molecule has 0 saturated heterocycles. The summed E-state index contributed by atoms with van der Waals surface area (Å²) in [5.74, 6) is -0.122. The van der Waals surface area contributed by atoms with Crippen LogP contribution < -0.4 is 25.0 Å². The van der Waals surface area contributed by atoms with Crippen LogP contribution in [0.2, 0.25) is 5.02 Å². The smallest absolute Gasteiger partial charge is 0.271 e. The number of ether oxygens (including phenoxy) is 3. The average Bonchev–Trinajstić information content (AvgIpc) is 2.88. The van der Waals surface area contributed by atoms with Gasteiger partial charge >= 0.3 is 0 Å². The van der Waals surface area contributed by atoms with Crippen LogP contribution in [0.5, 0.6) is 17.2 Å².